The number of phosphoric acid groups is 1. The van der Waals surface area contributed by atoms with Crippen molar-refractivity contribution >= 4 is 37.3 Å². The lowest BCUT2D eigenvalue weighted by molar-refractivity contribution is -0.171. The number of carbonyl (C=O) groups is 4. The fourth-order valence-corrected chi connectivity index (χ4v) is 10.0. The molecule has 3 N–H and O–H groups in total. The summed E-state index contributed by atoms with van der Waals surface area (Å²) in [5.74, 6) is -3.59. The van der Waals surface area contributed by atoms with Gasteiger partial charge < -0.3 is 28.8 Å². The summed E-state index contributed by atoms with van der Waals surface area (Å²) in [4.78, 5) is 77.2. The van der Waals surface area contributed by atoms with Gasteiger partial charge in [-0.1, -0.05) is 65.8 Å². The molecule has 6 aliphatic rings. The molecule has 1 spiro atoms. The van der Waals surface area contributed by atoms with Gasteiger partial charge in [-0.2, -0.15) is 0 Å². The van der Waals surface area contributed by atoms with E-state index in [0.29, 0.717) is 24.8 Å². The number of amides is 1. The van der Waals surface area contributed by atoms with Crippen LogP contribution in [-0.4, -0.2) is 61.7 Å². The molecule has 3 heterocycles. The number of hydrogen-bond donors (Lipinski definition) is 3. The molecule has 6 unspecified atom stereocenters. The number of nitrogens with one attached hydrogen (secondary N) is 1. The smallest absolute Gasteiger partial charge is 0.482 e. The highest BCUT2D eigenvalue weighted by Crippen LogP contribution is 2.69. The van der Waals surface area contributed by atoms with Crippen molar-refractivity contribution in [2.45, 2.75) is 129 Å². The Hall–Kier alpha value is -5.07. The maximum Gasteiger partial charge on any atom is 0.524 e. The highest BCUT2D eigenvalue weighted by molar-refractivity contribution is 7.46. The van der Waals surface area contributed by atoms with E-state index in [-0.39, 0.29) is 64.8 Å². The molecule has 0 aromatic heterocycles. The van der Waals surface area contributed by atoms with Crippen LogP contribution in [0.15, 0.2) is 83.0 Å². The van der Waals surface area contributed by atoms with Crippen LogP contribution in [0.2, 0.25) is 0 Å². The van der Waals surface area contributed by atoms with Crippen LogP contribution in [0, 0.1) is 11.8 Å². The van der Waals surface area contributed by atoms with Crippen molar-refractivity contribution in [1.82, 2.24) is 5.32 Å². The molecule has 2 aromatic carbocycles. The molecule has 8 rings (SSSR count). The lowest BCUT2D eigenvalue weighted by Crippen LogP contribution is -2.72. The van der Waals surface area contributed by atoms with Crippen LogP contribution in [0.4, 0.5) is 0 Å². The van der Waals surface area contributed by atoms with Gasteiger partial charge in [0, 0.05) is 35.0 Å². The normalized spacial score (nSPS) is 26.8. The van der Waals surface area contributed by atoms with E-state index >= 15 is 4.79 Å². The van der Waals surface area contributed by atoms with E-state index in [2.05, 4.69) is 11.4 Å². The van der Waals surface area contributed by atoms with E-state index in [1.165, 1.54) is 6.92 Å². The van der Waals surface area contributed by atoms with Crippen molar-refractivity contribution in [3.8, 4) is 17.2 Å². The Labute approximate surface area is 362 Å². The van der Waals surface area contributed by atoms with E-state index in [4.69, 9.17) is 23.5 Å². The van der Waals surface area contributed by atoms with Crippen LogP contribution in [0.3, 0.4) is 0 Å². The summed E-state index contributed by atoms with van der Waals surface area (Å²) in [6.07, 6.45) is 12.3. The Kier molecular flexibility index (Phi) is 11.8. The summed E-state index contributed by atoms with van der Waals surface area (Å²) < 4.78 is 44.5. The number of fused-ring (bicyclic) bond motifs is 2. The van der Waals surface area contributed by atoms with Crippen LogP contribution in [0.5, 0.6) is 17.2 Å². The minimum absolute atomic E-state index is 0.0149. The molecule has 330 valence electrons. The third-order valence-corrected chi connectivity index (χ3v) is 13.0. The molecule has 3 aliphatic heterocycles. The van der Waals surface area contributed by atoms with Crippen LogP contribution < -0.4 is 19.3 Å². The number of rotatable bonds is 14. The molecule has 2 fully saturated rings. The number of hydrogen-bond acceptors (Lipinski definition) is 10. The molecular formula is C48H56NO12P. The van der Waals surface area contributed by atoms with Crippen LogP contribution >= 0.6 is 7.82 Å². The monoisotopic (exact) mass is 869 g/mol. The van der Waals surface area contributed by atoms with Gasteiger partial charge in [0.2, 0.25) is 5.91 Å². The van der Waals surface area contributed by atoms with Crippen LogP contribution in [0.1, 0.15) is 115 Å². The number of Topliss-reactive ketones (excluding diaryl/α,β-unsaturated/α-hetero) is 2. The molecule has 14 heteroatoms. The first-order valence-corrected chi connectivity index (χ1v) is 22.6. The van der Waals surface area contributed by atoms with Gasteiger partial charge in [-0.25, -0.2) is 9.36 Å². The fourth-order valence-electron chi connectivity index (χ4n) is 9.60. The van der Waals surface area contributed by atoms with Crippen molar-refractivity contribution in [2.24, 2.45) is 11.8 Å². The summed E-state index contributed by atoms with van der Waals surface area (Å²) in [6, 6.07) is 8.17. The molecule has 6 atom stereocenters. The van der Waals surface area contributed by atoms with E-state index < -0.39 is 65.8 Å². The van der Waals surface area contributed by atoms with Gasteiger partial charge in [-0.05, 0) is 106 Å². The average molecular weight is 870 g/mol. The maximum atomic E-state index is 15.3. The van der Waals surface area contributed by atoms with E-state index in [1.54, 1.807) is 31.2 Å². The molecular weight excluding hydrogens is 813 g/mol. The van der Waals surface area contributed by atoms with Gasteiger partial charge in [0.25, 0.3) is 0 Å². The van der Waals surface area contributed by atoms with Gasteiger partial charge in [0.05, 0.1) is 11.2 Å². The third kappa shape index (κ3) is 7.93. The predicted octanol–water partition coefficient (Wildman–Crippen LogP) is 8.17. The SMILES string of the molecule is CC(C)=CCCC1(C)C=Cc2c(c(CC=C(C)C)c3c(c2OP(=O)(O)O)C(=O)C2=CC4CC5C(C)(C)OC(CC=C(C)C(=O)NC(C)C(=O)OCc6ccccc6)(C4=O)C25O3)O1. The lowest BCUT2D eigenvalue weighted by atomic mass is 9.51. The topological polar surface area (TPSA) is 184 Å². The molecule has 1 amide bonds. The third-order valence-electron chi connectivity index (χ3n) is 12.6. The lowest BCUT2D eigenvalue weighted by Gasteiger charge is -2.56. The van der Waals surface area contributed by atoms with Gasteiger partial charge in [0.15, 0.2) is 28.5 Å². The quantitative estimate of drug-likeness (QED) is 0.0718. The molecule has 2 aromatic rings. The number of carbonyl (C=O) groups excluding carboxylic acids is 4. The molecule has 4 bridgehead atoms. The van der Waals surface area contributed by atoms with E-state index in [0.717, 1.165) is 16.7 Å². The van der Waals surface area contributed by atoms with Crippen molar-refractivity contribution in [3.63, 3.8) is 0 Å². The number of ether oxygens (including phenoxy) is 4. The molecule has 3 aliphatic carbocycles. The Morgan fingerprint density at radius 3 is 2.34 bits per heavy atom. The first kappa shape index (κ1) is 45.0. The van der Waals surface area contributed by atoms with E-state index in [1.807, 2.05) is 84.9 Å². The summed E-state index contributed by atoms with van der Waals surface area (Å²) >= 11 is 0. The van der Waals surface area contributed by atoms with Gasteiger partial charge in [0.1, 0.15) is 35.3 Å². The zero-order chi connectivity index (χ0) is 45.2. The summed E-state index contributed by atoms with van der Waals surface area (Å²) in [7, 11) is -5.28. The van der Waals surface area contributed by atoms with Crippen molar-refractivity contribution in [2.75, 3.05) is 0 Å². The Morgan fingerprint density at radius 1 is 0.984 bits per heavy atom. The number of allylic oxidation sites excluding steroid dienone is 5. The highest BCUT2D eigenvalue weighted by Gasteiger charge is 2.81. The summed E-state index contributed by atoms with van der Waals surface area (Å²) in [5, 5.41) is 2.68. The van der Waals surface area contributed by atoms with Crippen LogP contribution in [0.25, 0.3) is 6.08 Å². The van der Waals surface area contributed by atoms with E-state index in [9.17, 15) is 28.7 Å². The zero-order valence-electron chi connectivity index (χ0n) is 36.7. The number of phosphoric ester groups is 1. The minimum Gasteiger partial charge on any atom is -0.482 e. The number of ketones is 2. The van der Waals surface area contributed by atoms with Crippen molar-refractivity contribution < 1.29 is 57.0 Å². The minimum atomic E-state index is -5.28. The first-order chi connectivity index (χ1) is 29.0. The molecule has 62 heavy (non-hydrogen) atoms. The van der Waals surface area contributed by atoms with Crippen molar-refractivity contribution in [3.05, 3.63) is 105 Å². The fraction of sp³-hybridized carbons (Fsp3) is 0.458. The molecule has 0 radical (unpaired) electrons. The standard InChI is InChI=1S/C48H56NO12P/c1-27(2)14-13-21-46(9)22-20-34-39(58-46)33(18-17-28(3)4)40-37(41(34)60-62(54,55)56)38(50)35-24-32-25-36-45(7,8)61-47(42(32)51,48(35,36)59-40)23-19-29(5)43(52)49-30(6)44(53)57-26-31-15-11-10-12-16-31/h10-12,14-17,19-20,22,24,30,32,36H,13,18,21,23,25-26H2,1-9H3,(H,49,52)(H2,54,55,56). The van der Waals surface area contributed by atoms with Crippen molar-refractivity contribution in [1.29, 1.82) is 0 Å². The highest BCUT2D eigenvalue weighted by atomic mass is 31.2. The maximum absolute atomic E-state index is 15.3. The molecule has 13 nitrogen and oxygen atoms in total. The Balaban J connectivity index is 1.32. The number of benzene rings is 2. The predicted molar refractivity (Wildman–Crippen MR) is 231 cm³/mol. The second kappa shape index (κ2) is 16.2. The number of esters is 1. The van der Waals surface area contributed by atoms with Gasteiger partial charge in [-0.3, -0.25) is 24.2 Å². The van der Waals surface area contributed by atoms with Gasteiger partial charge >= 0.3 is 13.8 Å². The Morgan fingerprint density at radius 2 is 1.68 bits per heavy atom. The summed E-state index contributed by atoms with van der Waals surface area (Å²) in [6.45, 7) is 16.6. The molecule has 1 saturated heterocycles. The van der Waals surface area contributed by atoms with Gasteiger partial charge in [-0.15, -0.1) is 0 Å². The average Bonchev–Trinajstić information content (AvgIpc) is 3.34. The first-order valence-electron chi connectivity index (χ1n) is 21.0. The second-order valence-corrected chi connectivity index (χ2v) is 19.5. The van der Waals surface area contributed by atoms with Crippen LogP contribution in [-0.2, 0) is 41.5 Å². The second-order valence-electron chi connectivity index (χ2n) is 18.3. The summed E-state index contributed by atoms with van der Waals surface area (Å²) in [5.41, 5.74) is -1.77. The largest absolute Gasteiger partial charge is 0.524 e. The molecule has 1 saturated carbocycles. The zero-order valence-corrected chi connectivity index (χ0v) is 37.6. The Bertz CT molecular complexity index is 2430.